The third kappa shape index (κ3) is 4.04. The number of carbonyl (C=O) groups is 1. The average Bonchev–Trinajstić information content (AvgIpc) is 3.44. The number of likely N-dealkylation sites (tertiary alicyclic amines) is 1. The van der Waals surface area contributed by atoms with E-state index in [1.807, 2.05) is 41.3 Å². The molecule has 0 aliphatic carbocycles. The lowest BCUT2D eigenvalue weighted by molar-refractivity contribution is 0.0735. The molecule has 0 saturated carbocycles. The van der Waals surface area contributed by atoms with E-state index in [0.717, 1.165) is 52.7 Å². The van der Waals surface area contributed by atoms with Crippen molar-refractivity contribution in [1.29, 1.82) is 0 Å². The van der Waals surface area contributed by atoms with Crippen LogP contribution >= 0.6 is 11.8 Å². The van der Waals surface area contributed by atoms with Gasteiger partial charge in [-0.25, -0.2) is 4.98 Å². The van der Waals surface area contributed by atoms with Gasteiger partial charge in [0.1, 0.15) is 12.1 Å². The maximum Gasteiger partial charge on any atom is 0.254 e. The lowest BCUT2D eigenvalue weighted by Gasteiger charge is -2.25. The highest BCUT2D eigenvalue weighted by Gasteiger charge is 2.30. The second-order valence-electron chi connectivity index (χ2n) is 6.71. The van der Waals surface area contributed by atoms with Gasteiger partial charge >= 0.3 is 0 Å². The van der Waals surface area contributed by atoms with Crippen molar-refractivity contribution in [3.63, 3.8) is 0 Å². The molecule has 28 heavy (non-hydrogen) atoms. The number of aromatic nitrogens is 3. The van der Waals surface area contributed by atoms with Gasteiger partial charge in [0, 0.05) is 17.9 Å². The minimum absolute atomic E-state index is 0.0905. The van der Waals surface area contributed by atoms with Gasteiger partial charge in [0.25, 0.3) is 5.91 Å². The molecule has 1 aromatic heterocycles. The van der Waals surface area contributed by atoms with E-state index in [-0.39, 0.29) is 11.9 Å². The number of ether oxygens (including phenoxy) is 1. The van der Waals surface area contributed by atoms with Crippen LogP contribution in [-0.2, 0) is 5.75 Å². The largest absolute Gasteiger partial charge is 0.497 e. The molecule has 1 amide bonds. The third-order valence-corrected chi connectivity index (χ3v) is 5.93. The van der Waals surface area contributed by atoms with E-state index in [9.17, 15) is 4.79 Å². The minimum Gasteiger partial charge on any atom is -0.497 e. The van der Waals surface area contributed by atoms with Crippen molar-refractivity contribution in [3.8, 4) is 5.75 Å². The van der Waals surface area contributed by atoms with Crippen molar-refractivity contribution in [2.75, 3.05) is 13.7 Å². The fourth-order valence-corrected chi connectivity index (χ4v) is 4.24. The molecule has 1 aliphatic heterocycles. The van der Waals surface area contributed by atoms with Crippen LogP contribution in [0.2, 0.25) is 0 Å². The summed E-state index contributed by atoms with van der Waals surface area (Å²) < 4.78 is 5.24. The van der Waals surface area contributed by atoms with Crippen LogP contribution in [-0.4, -0.2) is 39.6 Å². The van der Waals surface area contributed by atoms with E-state index in [2.05, 4.69) is 27.3 Å². The number of methoxy groups -OCH3 is 1. The first-order valence-corrected chi connectivity index (χ1v) is 10.2. The summed E-state index contributed by atoms with van der Waals surface area (Å²) in [7, 11) is 1.66. The van der Waals surface area contributed by atoms with E-state index in [1.54, 1.807) is 18.9 Å². The van der Waals surface area contributed by atoms with Crippen LogP contribution < -0.4 is 4.74 Å². The van der Waals surface area contributed by atoms with Crippen molar-refractivity contribution in [3.05, 3.63) is 71.5 Å². The highest BCUT2D eigenvalue weighted by atomic mass is 32.2. The molecule has 144 valence electrons. The highest BCUT2D eigenvalue weighted by Crippen LogP contribution is 2.34. The number of H-pyrrole nitrogens is 1. The molecule has 1 unspecified atom stereocenters. The second kappa shape index (κ2) is 8.48. The molecule has 1 atom stereocenters. The average molecular weight is 394 g/mol. The number of hydrogen-bond acceptors (Lipinski definition) is 5. The van der Waals surface area contributed by atoms with Gasteiger partial charge in [0.15, 0.2) is 5.16 Å². The van der Waals surface area contributed by atoms with Gasteiger partial charge in [-0.1, -0.05) is 36.0 Å². The van der Waals surface area contributed by atoms with E-state index in [0.29, 0.717) is 0 Å². The molecule has 1 fully saturated rings. The fraction of sp³-hybridized carbons (Fsp3) is 0.286. The van der Waals surface area contributed by atoms with Crippen molar-refractivity contribution in [1.82, 2.24) is 20.1 Å². The first kappa shape index (κ1) is 18.6. The molecule has 0 bridgehead atoms. The van der Waals surface area contributed by atoms with Crippen LogP contribution in [0.25, 0.3) is 0 Å². The van der Waals surface area contributed by atoms with Gasteiger partial charge in [-0.15, -0.1) is 0 Å². The molecule has 6 nitrogen and oxygen atoms in total. The molecule has 2 aromatic carbocycles. The number of carbonyl (C=O) groups excluding carboxylic acids is 1. The van der Waals surface area contributed by atoms with Gasteiger partial charge in [-0.2, -0.15) is 5.10 Å². The van der Waals surface area contributed by atoms with Crippen LogP contribution in [0.1, 0.15) is 40.4 Å². The van der Waals surface area contributed by atoms with Crippen molar-refractivity contribution in [2.24, 2.45) is 0 Å². The molecule has 1 saturated heterocycles. The predicted molar refractivity (Wildman–Crippen MR) is 108 cm³/mol. The number of hydrogen-bond donors (Lipinski definition) is 1. The number of thioether (sulfide) groups is 1. The van der Waals surface area contributed by atoms with Crippen LogP contribution in [0.15, 0.2) is 60.0 Å². The molecule has 1 aliphatic rings. The van der Waals surface area contributed by atoms with Gasteiger partial charge in [-0.3, -0.25) is 9.89 Å². The Hall–Kier alpha value is -2.80. The van der Waals surface area contributed by atoms with E-state index in [1.165, 1.54) is 6.33 Å². The van der Waals surface area contributed by atoms with Gasteiger partial charge < -0.3 is 9.64 Å². The lowest BCUT2D eigenvalue weighted by Crippen LogP contribution is -2.30. The third-order valence-electron chi connectivity index (χ3n) is 4.98. The predicted octanol–water partition coefficient (Wildman–Crippen LogP) is 4.08. The number of aromatic amines is 1. The lowest BCUT2D eigenvalue weighted by atomic mass is 10.0. The Labute approximate surface area is 168 Å². The molecular formula is C21H22N4O2S. The zero-order chi connectivity index (χ0) is 19.3. The Kier molecular flexibility index (Phi) is 5.62. The monoisotopic (exact) mass is 394 g/mol. The van der Waals surface area contributed by atoms with Gasteiger partial charge in [-0.05, 0) is 48.2 Å². The summed E-state index contributed by atoms with van der Waals surface area (Å²) in [5.74, 6) is 1.70. The molecule has 3 aromatic rings. The van der Waals surface area contributed by atoms with Crippen molar-refractivity contribution < 1.29 is 9.53 Å². The number of rotatable bonds is 6. The summed E-state index contributed by atoms with van der Waals surface area (Å²) in [6.07, 6.45) is 3.51. The summed E-state index contributed by atoms with van der Waals surface area (Å²) >= 11 is 1.59. The van der Waals surface area contributed by atoms with E-state index < -0.39 is 0 Å². The van der Waals surface area contributed by atoms with E-state index in [4.69, 9.17) is 4.74 Å². The van der Waals surface area contributed by atoms with E-state index >= 15 is 0 Å². The zero-order valence-corrected chi connectivity index (χ0v) is 16.5. The Bertz CT molecular complexity index is 911. The zero-order valence-electron chi connectivity index (χ0n) is 15.7. The minimum atomic E-state index is 0.0905. The normalized spacial score (nSPS) is 16.3. The molecule has 7 heteroatoms. The quantitative estimate of drug-likeness (QED) is 0.638. The van der Waals surface area contributed by atoms with Crippen LogP contribution in [0, 0.1) is 0 Å². The molecular weight excluding hydrogens is 372 g/mol. The number of nitrogens with zero attached hydrogens (tertiary/aromatic N) is 3. The van der Waals surface area contributed by atoms with Gasteiger partial charge in [0.05, 0.1) is 13.2 Å². The standard InChI is InChI=1S/C21H22N4O2S/c1-27-18-10-8-16(9-11-18)19-3-2-12-25(19)20(26)17-6-4-15(5-7-17)13-28-21-22-14-23-24-21/h4-11,14,19H,2-3,12-13H2,1H3,(H,22,23,24). The topological polar surface area (TPSA) is 71.1 Å². The Morgan fingerprint density at radius 3 is 2.68 bits per heavy atom. The summed E-state index contributed by atoms with van der Waals surface area (Å²) in [5.41, 5.74) is 3.03. The summed E-state index contributed by atoms with van der Waals surface area (Å²) in [6, 6.07) is 16.0. The summed E-state index contributed by atoms with van der Waals surface area (Å²) in [6.45, 7) is 0.790. The summed E-state index contributed by atoms with van der Waals surface area (Å²) in [5, 5.41) is 7.47. The second-order valence-corrected chi connectivity index (χ2v) is 7.67. The Balaban J connectivity index is 1.43. The van der Waals surface area contributed by atoms with Crippen molar-refractivity contribution >= 4 is 17.7 Å². The fourth-order valence-electron chi connectivity index (χ4n) is 3.51. The Morgan fingerprint density at radius 1 is 1.21 bits per heavy atom. The molecule has 0 spiro atoms. The molecule has 0 radical (unpaired) electrons. The smallest absolute Gasteiger partial charge is 0.254 e. The Morgan fingerprint density at radius 2 is 2.00 bits per heavy atom. The SMILES string of the molecule is COc1ccc(C2CCCN2C(=O)c2ccc(CSc3ncn[nH]3)cc2)cc1. The number of benzene rings is 2. The number of amides is 1. The highest BCUT2D eigenvalue weighted by molar-refractivity contribution is 7.98. The van der Waals surface area contributed by atoms with Crippen molar-refractivity contribution in [2.45, 2.75) is 29.8 Å². The first-order valence-electron chi connectivity index (χ1n) is 9.26. The molecule has 1 N–H and O–H groups in total. The van der Waals surface area contributed by atoms with Crippen LogP contribution in [0.3, 0.4) is 0 Å². The first-order chi connectivity index (χ1) is 13.7. The van der Waals surface area contributed by atoms with Gasteiger partial charge in [0.2, 0.25) is 0 Å². The number of nitrogens with one attached hydrogen (secondary N) is 1. The molecule has 4 rings (SSSR count). The van der Waals surface area contributed by atoms with Crippen LogP contribution in [0.4, 0.5) is 0 Å². The maximum atomic E-state index is 13.1. The molecule has 2 heterocycles. The maximum absolute atomic E-state index is 13.1. The van der Waals surface area contributed by atoms with Crippen LogP contribution in [0.5, 0.6) is 5.75 Å². The summed E-state index contributed by atoms with van der Waals surface area (Å²) in [4.78, 5) is 19.2.